The summed E-state index contributed by atoms with van der Waals surface area (Å²) >= 11 is 1.61. The Balaban J connectivity index is 1.69. The van der Waals surface area contributed by atoms with Crippen molar-refractivity contribution in [1.29, 1.82) is 0 Å². The van der Waals surface area contributed by atoms with Crippen LogP contribution in [0, 0.1) is 6.92 Å². The number of nitrogens with one attached hydrogen (secondary N) is 2. The zero-order valence-corrected chi connectivity index (χ0v) is 14.1. The van der Waals surface area contributed by atoms with Gasteiger partial charge in [0.15, 0.2) is 0 Å². The highest BCUT2D eigenvalue weighted by Crippen LogP contribution is 2.26. The molecule has 0 radical (unpaired) electrons. The summed E-state index contributed by atoms with van der Waals surface area (Å²) in [4.78, 5) is 25.2. The van der Waals surface area contributed by atoms with Crippen molar-refractivity contribution in [3.05, 3.63) is 53.5 Å². The molecule has 0 saturated carbocycles. The highest BCUT2D eigenvalue weighted by Gasteiger charge is 2.16. The maximum atomic E-state index is 12.1. The molecular weight excluding hydrogens is 324 g/mol. The third-order valence-corrected chi connectivity index (χ3v) is 4.29. The number of aromatic nitrogens is 2. The predicted molar refractivity (Wildman–Crippen MR) is 95.0 cm³/mol. The Kier molecular flexibility index (Phi) is 4.43. The van der Waals surface area contributed by atoms with Crippen LogP contribution in [0.25, 0.3) is 10.4 Å². The van der Waals surface area contributed by atoms with Gasteiger partial charge in [-0.25, -0.2) is 0 Å². The smallest absolute Gasteiger partial charge is 0.315 e. The molecule has 0 aliphatic rings. The van der Waals surface area contributed by atoms with E-state index in [-0.39, 0.29) is 0 Å². The van der Waals surface area contributed by atoms with Crippen molar-refractivity contribution in [3.8, 4) is 10.4 Å². The fourth-order valence-corrected chi connectivity index (χ4v) is 3.01. The van der Waals surface area contributed by atoms with Gasteiger partial charge >= 0.3 is 11.8 Å². The molecule has 0 unspecified atom stereocenters. The first-order valence-corrected chi connectivity index (χ1v) is 8.18. The van der Waals surface area contributed by atoms with Crippen molar-refractivity contribution in [2.45, 2.75) is 6.92 Å². The summed E-state index contributed by atoms with van der Waals surface area (Å²) in [7, 11) is 1.70. The van der Waals surface area contributed by atoms with Gasteiger partial charge in [0.05, 0.1) is 5.69 Å². The average Bonchev–Trinajstić information content (AvgIpc) is 3.18. The fourth-order valence-electron chi connectivity index (χ4n) is 2.28. The second kappa shape index (κ2) is 6.67. The lowest BCUT2D eigenvalue weighted by molar-refractivity contribution is -0.133. The van der Waals surface area contributed by atoms with Gasteiger partial charge in [-0.05, 0) is 36.1 Å². The SMILES string of the molecule is Cc1cc(NC(=O)C(=O)Nc2cccc(-c3cccs3)c2)n(C)n1. The van der Waals surface area contributed by atoms with Crippen molar-refractivity contribution in [1.82, 2.24) is 9.78 Å². The van der Waals surface area contributed by atoms with Crippen LogP contribution in [0.15, 0.2) is 47.8 Å². The molecule has 1 aromatic carbocycles. The molecule has 7 heteroatoms. The molecule has 2 aromatic heterocycles. The maximum Gasteiger partial charge on any atom is 0.315 e. The molecule has 2 heterocycles. The van der Waals surface area contributed by atoms with Crippen LogP contribution in [0.2, 0.25) is 0 Å². The third-order valence-electron chi connectivity index (χ3n) is 3.38. The van der Waals surface area contributed by atoms with E-state index in [4.69, 9.17) is 0 Å². The van der Waals surface area contributed by atoms with Gasteiger partial charge in [0.25, 0.3) is 0 Å². The zero-order chi connectivity index (χ0) is 17.1. The summed E-state index contributed by atoms with van der Waals surface area (Å²) in [5, 5.41) is 11.3. The standard InChI is InChI=1S/C17H16N4O2S/c1-11-9-15(21(2)20-11)19-17(23)16(22)18-13-6-3-5-12(10-13)14-7-4-8-24-14/h3-10H,1-2H3,(H,18,22)(H,19,23). The van der Waals surface area contributed by atoms with Crippen LogP contribution in [0.5, 0.6) is 0 Å². The number of rotatable bonds is 3. The number of amides is 2. The van der Waals surface area contributed by atoms with Crippen LogP contribution in [-0.4, -0.2) is 21.6 Å². The van der Waals surface area contributed by atoms with Crippen molar-refractivity contribution in [2.75, 3.05) is 10.6 Å². The molecule has 0 aliphatic carbocycles. The molecule has 0 saturated heterocycles. The van der Waals surface area contributed by atoms with E-state index in [0.717, 1.165) is 16.1 Å². The fraction of sp³-hybridized carbons (Fsp3) is 0.118. The highest BCUT2D eigenvalue weighted by atomic mass is 32.1. The lowest BCUT2D eigenvalue weighted by Gasteiger charge is -2.07. The number of aryl methyl sites for hydroxylation is 2. The first kappa shape index (κ1) is 15.9. The molecular formula is C17H16N4O2S. The molecule has 0 aliphatic heterocycles. The van der Waals surface area contributed by atoms with Crippen molar-refractivity contribution >= 4 is 34.7 Å². The Hall–Kier alpha value is -2.93. The normalized spacial score (nSPS) is 10.4. The van der Waals surface area contributed by atoms with Crippen LogP contribution in [-0.2, 0) is 16.6 Å². The summed E-state index contributed by atoms with van der Waals surface area (Å²) in [5.74, 6) is -0.989. The van der Waals surface area contributed by atoms with Crippen molar-refractivity contribution in [3.63, 3.8) is 0 Å². The number of hydrogen-bond acceptors (Lipinski definition) is 4. The molecule has 2 amide bonds. The molecule has 24 heavy (non-hydrogen) atoms. The summed E-state index contributed by atoms with van der Waals surface area (Å²) in [6.07, 6.45) is 0. The average molecular weight is 340 g/mol. The van der Waals surface area contributed by atoms with E-state index >= 15 is 0 Å². The van der Waals surface area contributed by atoms with Gasteiger partial charge in [0.2, 0.25) is 0 Å². The number of hydrogen-bond donors (Lipinski definition) is 2. The van der Waals surface area contributed by atoms with E-state index < -0.39 is 11.8 Å². The number of nitrogens with zero attached hydrogens (tertiary/aromatic N) is 2. The predicted octanol–water partition coefficient (Wildman–Crippen LogP) is 3.03. The van der Waals surface area contributed by atoms with E-state index in [1.54, 1.807) is 30.5 Å². The van der Waals surface area contributed by atoms with Crippen molar-refractivity contribution < 1.29 is 9.59 Å². The number of carbonyl (C=O) groups is 2. The van der Waals surface area contributed by atoms with E-state index in [0.29, 0.717) is 11.5 Å². The number of anilines is 2. The van der Waals surface area contributed by atoms with Crippen molar-refractivity contribution in [2.24, 2.45) is 7.05 Å². The van der Waals surface area contributed by atoms with Crippen LogP contribution in [0.3, 0.4) is 0 Å². The van der Waals surface area contributed by atoms with Gasteiger partial charge in [0, 0.05) is 23.7 Å². The van der Waals surface area contributed by atoms with Gasteiger partial charge in [-0.2, -0.15) is 5.10 Å². The minimum atomic E-state index is -0.737. The molecule has 6 nitrogen and oxygen atoms in total. The van der Waals surface area contributed by atoms with E-state index in [1.165, 1.54) is 4.68 Å². The topological polar surface area (TPSA) is 76.0 Å². The van der Waals surface area contributed by atoms with Crippen LogP contribution in [0.4, 0.5) is 11.5 Å². The first-order valence-electron chi connectivity index (χ1n) is 7.30. The maximum absolute atomic E-state index is 12.1. The summed E-state index contributed by atoms with van der Waals surface area (Å²) in [5.41, 5.74) is 2.32. The highest BCUT2D eigenvalue weighted by molar-refractivity contribution is 7.13. The van der Waals surface area contributed by atoms with Gasteiger partial charge in [0.1, 0.15) is 5.82 Å². The molecule has 0 bridgehead atoms. The zero-order valence-electron chi connectivity index (χ0n) is 13.2. The lowest BCUT2D eigenvalue weighted by atomic mass is 10.1. The molecule has 0 fully saturated rings. The molecule has 3 aromatic rings. The van der Waals surface area contributed by atoms with E-state index in [9.17, 15) is 9.59 Å². The summed E-state index contributed by atoms with van der Waals surface area (Å²) < 4.78 is 1.51. The monoisotopic (exact) mass is 340 g/mol. The molecule has 0 spiro atoms. The molecule has 122 valence electrons. The Labute approximate surface area is 143 Å². The number of thiophene rings is 1. The van der Waals surface area contributed by atoms with Crippen LogP contribution < -0.4 is 10.6 Å². The molecule has 3 rings (SSSR count). The Morgan fingerprint density at radius 1 is 1.08 bits per heavy atom. The Bertz CT molecular complexity index is 884. The van der Waals surface area contributed by atoms with Crippen LogP contribution in [0.1, 0.15) is 5.69 Å². The first-order chi connectivity index (χ1) is 11.5. The van der Waals surface area contributed by atoms with Crippen LogP contribution >= 0.6 is 11.3 Å². The van der Waals surface area contributed by atoms with E-state index in [2.05, 4.69) is 15.7 Å². The summed E-state index contributed by atoms with van der Waals surface area (Å²) in [6, 6.07) is 13.1. The number of carbonyl (C=O) groups excluding carboxylic acids is 2. The minimum absolute atomic E-state index is 0.472. The molecule has 2 N–H and O–H groups in total. The van der Waals surface area contributed by atoms with E-state index in [1.807, 2.05) is 42.6 Å². The van der Waals surface area contributed by atoms with Gasteiger partial charge in [-0.15, -0.1) is 11.3 Å². The summed E-state index contributed by atoms with van der Waals surface area (Å²) in [6.45, 7) is 1.81. The minimum Gasteiger partial charge on any atom is -0.318 e. The quantitative estimate of drug-likeness (QED) is 0.720. The Morgan fingerprint density at radius 3 is 2.54 bits per heavy atom. The lowest BCUT2D eigenvalue weighted by Crippen LogP contribution is -2.29. The van der Waals surface area contributed by atoms with Gasteiger partial charge in [-0.3, -0.25) is 14.3 Å². The molecule has 0 atom stereocenters. The van der Waals surface area contributed by atoms with Gasteiger partial charge < -0.3 is 10.6 Å². The second-order valence-corrected chi connectivity index (χ2v) is 6.21. The Morgan fingerprint density at radius 2 is 1.88 bits per heavy atom. The number of benzene rings is 1. The second-order valence-electron chi connectivity index (χ2n) is 5.26. The third kappa shape index (κ3) is 3.52. The largest absolute Gasteiger partial charge is 0.318 e. The van der Waals surface area contributed by atoms with Gasteiger partial charge in [-0.1, -0.05) is 18.2 Å².